The smallest absolute Gasteiger partial charge is 0.278 e. The van der Waals surface area contributed by atoms with Crippen molar-refractivity contribution in [2.45, 2.75) is 85.7 Å². The van der Waals surface area contributed by atoms with Crippen LogP contribution in [0.15, 0.2) is 18.2 Å². The lowest BCUT2D eigenvalue weighted by Crippen LogP contribution is -2.52. The molecule has 0 aliphatic heterocycles. The quantitative estimate of drug-likeness (QED) is 0.345. The molecule has 0 N–H and O–H groups in total. The molecule has 0 atom stereocenters. The third-order valence-electron chi connectivity index (χ3n) is 5.42. The molecule has 29 heavy (non-hydrogen) atoms. The van der Waals surface area contributed by atoms with Gasteiger partial charge in [-0.15, -0.1) is 0 Å². The average molecular weight is 406 g/mol. The van der Waals surface area contributed by atoms with Crippen molar-refractivity contribution in [1.29, 1.82) is 0 Å². The zero-order valence-electron chi connectivity index (χ0n) is 20.4. The summed E-state index contributed by atoms with van der Waals surface area (Å²) in [6.07, 6.45) is 3.28. The van der Waals surface area contributed by atoms with E-state index >= 15 is 0 Å². The molecule has 0 bridgehead atoms. The normalized spacial score (nSPS) is 12.1. The van der Waals surface area contributed by atoms with Crippen molar-refractivity contribution in [3.05, 3.63) is 29.3 Å². The number of unbranched alkanes of at least 4 members (excludes halogenated alkanes) is 2. The number of hydrogen-bond donors (Lipinski definition) is 0. The Bertz CT molecular complexity index is 628. The van der Waals surface area contributed by atoms with E-state index < -0.39 is 0 Å². The number of nitrogens with zero attached hydrogens (tertiary/aromatic N) is 2. The first-order valence-corrected chi connectivity index (χ1v) is 11.3. The molecule has 1 aromatic carbocycles. The van der Waals surface area contributed by atoms with Crippen LogP contribution < -0.4 is 4.74 Å². The molecule has 166 valence electrons. The summed E-state index contributed by atoms with van der Waals surface area (Å²) in [5.74, 6) is 1.76. The topological polar surface area (TPSA) is 29.5 Å². The lowest BCUT2D eigenvalue weighted by Gasteiger charge is -2.35. The predicted octanol–water partition coefficient (Wildman–Crippen LogP) is 5.39. The Hall–Kier alpha value is -1.55. The Labute approximate surface area is 179 Å². The molecule has 0 spiro atoms. The van der Waals surface area contributed by atoms with Crippen LogP contribution in [0.4, 0.5) is 0 Å². The van der Waals surface area contributed by atoms with Crippen LogP contribution in [0.25, 0.3) is 0 Å². The number of rotatable bonds is 12. The minimum atomic E-state index is 0.247. The highest BCUT2D eigenvalue weighted by molar-refractivity contribution is 5.77. The summed E-state index contributed by atoms with van der Waals surface area (Å²) < 4.78 is 6.84. The zero-order chi connectivity index (χ0) is 22.2. The van der Waals surface area contributed by atoms with Crippen LogP contribution in [-0.2, 0) is 4.79 Å². The minimum absolute atomic E-state index is 0.247. The fourth-order valence-electron chi connectivity index (χ4n) is 3.94. The van der Waals surface area contributed by atoms with Gasteiger partial charge in [0.05, 0.1) is 27.2 Å². The standard InChI is InChI=1S/C25H45N2O2/c1-19(2)23-14-13-22(7)17-24(23)29-16-12-10-11-15-27(8,9)18-25(28)26(20(3)4)21(5)6/h13-14,17,19-21H,10-12,15-16,18H2,1-9H3/q+1. The van der Waals surface area contributed by atoms with Crippen molar-refractivity contribution in [2.24, 2.45) is 0 Å². The van der Waals surface area contributed by atoms with Crippen LogP contribution in [-0.4, -0.2) is 61.2 Å². The number of carbonyl (C=O) groups excluding carboxylic acids is 1. The van der Waals surface area contributed by atoms with E-state index in [4.69, 9.17) is 4.74 Å². The summed E-state index contributed by atoms with van der Waals surface area (Å²) in [5.41, 5.74) is 2.52. The SMILES string of the molecule is Cc1ccc(C(C)C)c(OCCCCC[N+](C)(C)CC(=O)N(C(C)C)C(C)C)c1. The van der Waals surface area contributed by atoms with E-state index in [-0.39, 0.29) is 18.0 Å². The molecule has 0 aliphatic rings. The highest BCUT2D eigenvalue weighted by Crippen LogP contribution is 2.27. The van der Waals surface area contributed by atoms with Crippen LogP contribution in [0.5, 0.6) is 5.75 Å². The molecule has 0 fully saturated rings. The van der Waals surface area contributed by atoms with Gasteiger partial charge in [-0.25, -0.2) is 0 Å². The van der Waals surface area contributed by atoms with E-state index in [2.05, 4.69) is 80.8 Å². The molecule has 0 radical (unpaired) electrons. The van der Waals surface area contributed by atoms with Crippen LogP contribution in [0.2, 0.25) is 0 Å². The van der Waals surface area contributed by atoms with E-state index in [9.17, 15) is 4.79 Å². The second kappa shape index (κ2) is 11.6. The molecule has 0 aliphatic carbocycles. The molecule has 0 unspecified atom stereocenters. The van der Waals surface area contributed by atoms with Crippen LogP contribution in [0.1, 0.15) is 77.8 Å². The Morgan fingerprint density at radius 1 is 1.00 bits per heavy atom. The van der Waals surface area contributed by atoms with E-state index in [1.807, 2.05) is 4.90 Å². The monoisotopic (exact) mass is 405 g/mol. The van der Waals surface area contributed by atoms with Crippen molar-refractivity contribution in [2.75, 3.05) is 33.8 Å². The van der Waals surface area contributed by atoms with Crippen molar-refractivity contribution >= 4 is 5.91 Å². The summed E-state index contributed by atoms with van der Waals surface area (Å²) in [7, 11) is 4.32. The van der Waals surface area contributed by atoms with Crippen LogP contribution >= 0.6 is 0 Å². The molecular weight excluding hydrogens is 360 g/mol. The number of quaternary nitrogens is 1. The molecule has 0 saturated carbocycles. The van der Waals surface area contributed by atoms with Gasteiger partial charge in [0, 0.05) is 12.1 Å². The number of aryl methyl sites for hydroxylation is 1. The van der Waals surface area contributed by atoms with E-state index in [0.29, 0.717) is 12.5 Å². The van der Waals surface area contributed by atoms with Crippen molar-refractivity contribution < 1.29 is 14.0 Å². The Balaban J connectivity index is 2.41. The second-order valence-electron chi connectivity index (χ2n) is 9.91. The number of benzene rings is 1. The Morgan fingerprint density at radius 3 is 2.17 bits per heavy atom. The lowest BCUT2D eigenvalue weighted by atomic mass is 10.0. The molecule has 4 heteroatoms. The van der Waals surface area contributed by atoms with E-state index in [1.165, 1.54) is 11.1 Å². The van der Waals surface area contributed by atoms with Gasteiger partial charge in [0.25, 0.3) is 5.91 Å². The maximum Gasteiger partial charge on any atom is 0.278 e. The number of amides is 1. The van der Waals surface area contributed by atoms with Crippen molar-refractivity contribution in [3.63, 3.8) is 0 Å². The number of ether oxygens (including phenoxy) is 1. The molecular formula is C25H45N2O2+. The van der Waals surface area contributed by atoms with Gasteiger partial charge in [-0.3, -0.25) is 4.79 Å². The van der Waals surface area contributed by atoms with Crippen molar-refractivity contribution in [3.8, 4) is 5.75 Å². The fourth-order valence-corrected chi connectivity index (χ4v) is 3.94. The van der Waals surface area contributed by atoms with E-state index in [0.717, 1.165) is 42.6 Å². The number of carbonyl (C=O) groups is 1. The lowest BCUT2D eigenvalue weighted by molar-refractivity contribution is -0.883. The largest absolute Gasteiger partial charge is 0.493 e. The van der Waals surface area contributed by atoms with Crippen LogP contribution in [0.3, 0.4) is 0 Å². The highest BCUT2D eigenvalue weighted by atomic mass is 16.5. The molecule has 0 aromatic heterocycles. The summed E-state index contributed by atoms with van der Waals surface area (Å²) in [5, 5.41) is 0. The summed E-state index contributed by atoms with van der Waals surface area (Å²) in [6, 6.07) is 6.98. The van der Waals surface area contributed by atoms with Gasteiger partial charge in [0.15, 0.2) is 6.54 Å². The third kappa shape index (κ3) is 8.77. The molecule has 0 heterocycles. The Kier molecular flexibility index (Phi) is 10.2. The van der Waals surface area contributed by atoms with Gasteiger partial charge >= 0.3 is 0 Å². The Morgan fingerprint density at radius 2 is 1.62 bits per heavy atom. The van der Waals surface area contributed by atoms with Crippen LogP contribution in [0, 0.1) is 6.92 Å². The van der Waals surface area contributed by atoms with Gasteiger partial charge in [0.2, 0.25) is 0 Å². The number of likely N-dealkylation sites (N-methyl/N-ethyl adjacent to an activating group) is 1. The first kappa shape index (κ1) is 25.5. The molecule has 1 aromatic rings. The first-order chi connectivity index (χ1) is 13.4. The first-order valence-electron chi connectivity index (χ1n) is 11.3. The van der Waals surface area contributed by atoms with Gasteiger partial charge in [-0.2, -0.15) is 0 Å². The third-order valence-corrected chi connectivity index (χ3v) is 5.42. The van der Waals surface area contributed by atoms with Gasteiger partial charge in [-0.1, -0.05) is 26.0 Å². The molecule has 1 rings (SSSR count). The predicted molar refractivity (Wildman–Crippen MR) is 124 cm³/mol. The van der Waals surface area contributed by atoms with Gasteiger partial charge < -0.3 is 14.1 Å². The van der Waals surface area contributed by atoms with Crippen molar-refractivity contribution in [1.82, 2.24) is 4.90 Å². The molecule has 1 amide bonds. The second-order valence-corrected chi connectivity index (χ2v) is 9.91. The summed E-state index contributed by atoms with van der Waals surface area (Å²) in [4.78, 5) is 14.7. The zero-order valence-corrected chi connectivity index (χ0v) is 20.4. The number of hydrogen-bond acceptors (Lipinski definition) is 2. The van der Waals surface area contributed by atoms with Gasteiger partial charge in [-0.05, 0) is 77.0 Å². The summed E-state index contributed by atoms with van der Waals surface area (Å²) in [6.45, 7) is 17.2. The fraction of sp³-hybridized carbons (Fsp3) is 0.720. The van der Waals surface area contributed by atoms with Gasteiger partial charge in [0.1, 0.15) is 5.75 Å². The maximum absolute atomic E-state index is 12.7. The highest BCUT2D eigenvalue weighted by Gasteiger charge is 2.27. The average Bonchev–Trinajstić information content (AvgIpc) is 2.56. The maximum atomic E-state index is 12.7. The molecule has 4 nitrogen and oxygen atoms in total. The summed E-state index contributed by atoms with van der Waals surface area (Å²) >= 11 is 0. The minimum Gasteiger partial charge on any atom is -0.493 e. The molecule has 0 saturated heterocycles. The van der Waals surface area contributed by atoms with E-state index in [1.54, 1.807) is 0 Å².